The van der Waals surface area contributed by atoms with E-state index in [-0.39, 0.29) is 17.6 Å². The Bertz CT molecular complexity index is 503. The number of benzene rings is 1. The zero-order valence-electron chi connectivity index (χ0n) is 12.3. The van der Waals surface area contributed by atoms with E-state index in [4.69, 9.17) is 0 Å². The van der Waals surface area contributed by atoms with Crippen molar-refractivity contribution < 1.29 is 4.79 Å². The van der Waals surface area contributed by atoms with E-state index in [1.165, 1.54) is 0 Å². The number of allylic oxidation sites excluding steroid dienone is 1. The summed E-state index contributed by atoms with van der Waals surface area (Å²) < 4.78 is 0. The van der Waals surface area contributed by atoms with E-state index in [1.54, 1.807) is 4.90 Å². The lowest BCUT2D eigenvalue weighted by atomic mass is 9.96. The molecule has 0 radical (unpaired) electrons. The zero-order valence-corrected chi connectivity index (χ0v) is 12.3. The number of nitrogens with zero attached hydrogens (tertiary/aromatic N) is 2. The summed E-state index contributed by atoms with van der Waals surface area (Å²) in [5, 5.41) is 0. The van der Waals surface area contributed by atoms with Crippen molar-refractivity contribution in [2.45, 2.75) is 46.2 Å². The minimum absolute atomic E-state index is 0.0474. The van der Waals surface area contributed by atoms with Crippen LogP contribution in [0.5, 0.6) is 0 Å². The highest BCUT2D eigenvalue weighted by molar-refractivity contribution is 5.97. The van der Waals surface area contributed by atoms with Gasteiger partial charge in [-0.1, -0.05) is 18.2 Å². The molecule has 0 atom stereocenters. The van der Waals surface area contributed by atoms with Crippen molar-refractivity contribution in [3.05, 3.63) is 42.1 Å². The number of carbonyl (C=O) groups is 1. The molecule has 0 aromatic heterocycles. The van der Waals surface area contributed by atoms with Crippen molar-refractivity contribution in [2.24, 2.45) is 0 Å². The van der Waals surface area contributed by atoms with Crippen LogP contribution in [0.25, 0.3) is 0 Å². The van der Waals surface area contributed by atoms with Crippen LogP contribution in [0.2, 0.25) is 0 Å². The molecule has 0 unspecified atom stereocenters. The number of amides is 2. The minimum Gasteiger partial charge on any atom is -0.313 e. The fourth-order valence-corrected chi connectivity index (χ4v) is 2.93. The van der Waals surface area contributed by atoms with Crippen molar-refractivity contribution in [1.82, 2.24) is 4.90 Å². The van der Waals surface area contributed by atoms with Gasteiger partial charge >= 0.3 is 6.03 Å². The Hall–Kier alpha value is -1.77. The van der Waals surface area contributed by atoms with Crippen LogP contribution in [-0.4, -0.2) is 22.5 Å². The maximum atomic E-state index is 12.8. The van der Waals surface area contributed by atoms with Crippen LogP contribution >= 0.6 is 0 Å². The van der Waals surface area contributed by atoms with Crippen LogP contribution in [0, 0.1) is 0 Å². The number of hydrogen-bond acceptors (Lipinski definition) is 1. The topological polar surface area (TPSA) is 23.6 Å². The fourth-order valence-electron chi connectivity index (χ4n) is 2.93. The highest BCUT2D eigenvalue weighted by atomic mass is 16.2. The van der Waals surface area contributed by atoms with Gasteiger partial charge in [-0.2, -0.15) is 0 Å². The van der Waals surface area contributed by atoms with Gasteiger partial charge in [0, 0.05) is 11.7 Å². The van der Waals surface area contributed by atoms with Crippen LogP contribution < -0.4 is 4.90 Å². The van der Waals surface area contributed by atoms with E-state index in [9.17, 15) is 4.79 Å². The quantitative estimate of drug-likeness (QED) is 0.786. The Morgan fingerprint density at radius 1 is 1.11 bits per heavy atom. The normalized spacial score (nSPS) is 18.8. The van der Waals surface area contributed by atoms with Crippen LogP contribution in [0.4, 0.5) is 10.5 Å². The molecule has 0 saturated heterocycles. The molecule has 0 fully saturated rings. The summed E-state index contributed by atoms with van der Waals surface area (Å²) >= 11 is 0. The van der Waals surface area contributed by atoms with Gasteiger partial charge in [0.15, 0.2) is 0 Å². The molecule has 1 aromatic rings. The molecule has 0 aliphatic carbocycles. The predicted octanol–water partition coefficient (Wildman–Crippen LogP) is 4.02. The van der Waals surface area contributed by atoms with Gasteiger partial charge in [-0.05, 0) is 52.8 Å². The highest BCUT2D eigenvalue weighted by Crippen LogP contribution is 2.32. The Morgan fingerprint density at radius 3 is 2.21 bits per heavy atom. The summed E-state index contributed by atoms with van der Waals surface area (Å²) in [4.78, 5) is 16.5. The number of para-hydroxylation sites is 1. The standard InChI is InChI=1S/C16H22N2O/c1-12(2)18-15(19)17(13(3)11-16(18,4)5)14-9-7-6-8-10-14/h6-12H,1-5H3. The van der Waals surface area contributed by atoms with Gasteiger partial charge in [-0.3, -0.25) is 4.90 Å². The van der Waals surface area contributed by atoms with Crippen molar-refractivity contribution in [3.63, 3.8) is 0 Å². The summed E-state index contributed by atoms with van der Waals surface area (Å²) in [5.74, 6) is 0. The predicted molar refractivity (Wildman–Crippen MR) is 79.1 cm³/mol. The molecule has 0 N–H and O–H groups in total. The molecular weight excluding hydrogens is 236 g/mol. The third-order valence-corrected chi connectivity index (χ3v) is 3.46. The third-order valence-electron chi connectivity index (χ3n) is 3.46. The number of urea groups is 1. The SMILES string of the molecule is CC1=CC(C)(C)N(C(C)C)C(=O)N1c1ccccc1. The Morgan fingerprint density at radius 2 is 1.68 bits per heavy atom. The first-order valence-electron chi connectivity index (χ1n) is 6.72. The van der Waals surface area contributed by atoms with E-state index in [2.05, 4.69) is 33.8 Å². The first-order chi connectivity index (χ1) is 8.84. The summed E-state index contributed by atoms with van der Waals surface area (Å²) in [5.41, 5.74) is 1.65. The lowest BCUT2D eigenvalue weighted by molar-refractivity contribution is 0.137. The summed E-state index contributed by atoms with van der Waals surface area (Å²) in [6.45, 7) is 10.3. The Kier molecular flexibility index (Phi) is 3.40. The number of hydrogen-bond donors (Lipinski definition) is 0. The van der Waals surface area contributed by atoms with E-state index < -0.39 is 0 Å². The molecule has 3 nitrogen and oxygen atoms in total. The van der Waals surface area contributed by atoms with Gasteiger partial charge in [-0.25, -0.2) is 4.79 Å². The molecule has 102 valence electrons. The average molecular weight is 258 g/mol. The molecule has 3 heteroatoms. The maximum absolute atomic E-state index is 12.8. The maximum Gasteiger partial charge on any atom is 0.329 e. The van der Waals surface area contributed by atoms with Crippen LogP contribution in [-0.2, 0) is 0 Å². The number of rotatable bonds is 2. The monoisotopic (exact) mass is 258 g/mol. The second-order valence-corrected chi connectivity index (χ2v) is 5.86. The van der Waals surface area contributed by atoms with Gasteiger partial charge in [0.25, 0.3) is 0 Å². The van der Waals surface area contributed by atoms with Crippen molar-refractivity contribution in [3.8, 4) is 0 Å². The molecule has 2 amide bonds. The molecule has 0 saturated carbocycles. The fraction of sp³-hybridized carbons (Fsp3) is 0.438. The van der Waals surface area contributed by atoms with Crippen molar-refractivity contribution in [2.75, 3.05) is 4.90 Å². The van der Waals surface area contributed by atoms with Crippen molar-refractivity contribution >= 4 is 11.7 Å². The van der Waals surface area contributed by atoms with E-state index in [1.807, 2.05) is 42.2 Å². The molecule has 0 bridgehead atoms. The van der Waals surface area contributed by atoms with Gasteiger partial charge in [-0.15, -0.1) is 0 Å². The van der Waals surface area contributed by atoms with E-state index >= 15 is 0 Å². The highest BCUT2D eigenvalue weighted by Gasteiger charge is 2.39. The second kappa shape index (κ2) is 4.72. The van der Waals surface area contributed by atoms with Gasteiger partial charge in [0.1, 0.15) is 0 Å². The summed E-state index contributed by atoms with van der Waals surface area (Å²) in [6, 6.07) is 10.0. The number of anilines is 1. The lowest BCUT2D eigenvalue weighted by Gasteiger charge is -2.47. The Balaban J connectivity index is 2.50. The first-order valence-corrected chi connectivity index (χ1v) is 6.72. The molecule has 2 rings (SSSR count). The van der Waals surface area contributed by atoms with Crippen LogP contribution in [0.3, 0.4) is 0 Å². The summed E-state index contributed by atoms with van der Waals surface area (Å²) in [7, 11) is 0. The summed E-state index contributed by atoms with van der Waals surface area (Å²) in [6.07, 6.45) is 2.15. The molecule has 19 heavy (non-hydrogen) atoms. The zero-order chi connectivity index (χ0) is 14.2. The molecule has 1 heterocycles. The molecule has 1 aliphatic heterocycles. The molecule has 0 spiro atoms. The molecule has 1 aromatic carbocycles. The molecule has 1 aliphatic rings. The largest absolute Gasteiger partial charge is 0.329 e. The van der Waals surface area contributed by atoms with Crippen LogP contribution in [0.1, 0.15) is 34.6 Å². The third kappa shape index (κ3) is 2.37. The number of carbonyl (C=O) groups excluding carboxylic acids is 1. The van der Waals surface area contributed by atoms with Gasteiger partial charge in [0.2, 0.25) is 0 Å². The van der Waals surface area contributed by atoms with Crippen molar-refractivity contribution in [1.29, 1.82) is 0 Å². The van der Waals surface area contributed by atoms with Crippen LogP contribution in [0.15, 0.2) is 42.1 Å². The second-order valence-electron chi connectivity index (χ2n) is 5.86. The Labute approximate surface area is 115 Å². The lowest BCUT2D eigenvalue weighted by Crippen LogP contribution is -2.58. The minimum atomic E-state index is -0.249. The smallest absolute Gasteiger partial charge is 0.313 e. The van der Waals surface area contributed by atoms with Gasteiger partial charge < -0.3 is 4.90 Å². The van der Waals surface area contributed by atoms with E-state index in [0.29, 0.717) is 0 Å². The van der Waals surface area contributed by atoms with Gasteiger partial charge in [0.05, 0.1) is 11.2 Å². The molecular formula is C16H22N2O. The average Bonchev–Trinajstić information content (AvgIpc) is 2.27. The first kappa shape index (κ1) is 13.7. The van der Waals surface area contributed by atoms with E-state index in [0.717, 1.165) is 11.4 Å².